The Morgan fingerprint density at radius 3 is 2.38 bits per heavy atom. The number of fused-ring (bicyclic) bond motifs is 1. The Morgan fingerprint density at radius 2 is 1.62 bits per heavy atom. The lowest BCUT2D eigenvalue weighted by Gasteiger charge is -2.09. The molecule has 1 heterocycles. The molecule has 0 fully saturated rings. The monoisotopic (exact) mass is 319 g/mol. The summed E-state index contributed by atoms with van der Waals surface area (Å²) in [5.41, 5.74) is 0. The molecule has 0 atom stereocenters. The highest BCUT2D eigenvalue weighted by Gasteiger charge is 2.18. The Hall–Kier alpha value is -2.18. The summed E-state index contributed by atoms with van der Waals surface area (Å²) in [6.07, 6.45) is 2.66. The van der Waals surface area contributed by atoms with Crippen LogP contribution in [0, 0.1) is 0 Å². The van der Waals surface area contributed by atoms with E-state index in [-0.39, 0.29) is 10.8 Å². The van der Waals surface area contributed by atoms with Gasteiger partial charge in [-0.25, -0.2) is 23.1 Å². The van der Waals surface area contributed by atoms with Crippen molar-refractivity contribution < 1.29 is 8.42 Å². The molecule has 21 heavy (non-hydrogen) atoms. The van der Waals surface area contributed by atoms with E-state index in [1.165, 1.54) is 12.4 Å². The van der Waals surface area contributed by atoms with Crippen molar-refractivity contribution in [2.45, 2.75) is 4.90 Å². The highest BCUT2D eigenvalue weighted by atomic mass is 35.5. The van der Waals surface area contributed by atoms with Crippen LogP contribution in [0.2, 0.25) is 5.02 Å². The zero-order valence-electron chi connectivity index (χ0n) is 10.7. The average molecular weight is 320 g/mol. The van der Waals surface area contributed by atoms with Crippen LogP contribution in [0.1, 0.15) is 0 Å². The van der Waals surface area contributed by atoms with Crippen molar-refractivity contribution in [3.05, 3.63) is 59.9 Å². The van der Waals surface area contributed by atoms with Gasteiger partial charge in [0.15, 0.2) is 0 Å². The Labute approximate surface area is 126 Å². The largest absolute Gasteiger partial charge is 0.264 e. The van der Waals surface area contributed by atoms with Gasteiger partial charge in [0.25, 0.3) is 10.0 Å². The molecule has 0 unspecified atom stereocenters. The molecule has 0 bridgehead atoms. The van der Waals surface area contributed by atoms with E-state index in [1.54, 1.807) is 24.3 Å². The summed E-state index contributed by atoms with van der Waals surface area (Å²) in [6, 6.07) is 12.3. The second kappa shape index (κ2) is 5.31. The molecule has 0 aliphatic carbocycles. The van der Waals surface area contributed by atoms with Gasteiger partial charge in [0.05, 0.1) is 22.3 Å². The van der Waals surface area contributed by atoms with Crippen LogP contribution >= 0.6 is 11.6 Å². The third kappa shape index (κ3) is 2.81. The molecule has 2 aromatic carbocycles. The number of aromatic nitrogens is 2. The maximum Gasteiger partial charge on any atom is 0.264 e. The normalized spacial score (nSPS) is 11.5. The number of benzene rings is 2. The summed E-state index contributed by atoms with van der Waals surface area (Å²) in [7, 11) is -3.77. The third-order valence-corrected chi connectivity index (χ3v) is 4.47. The first-order valence-electron chi connectivity index (χ1n) is 6.04. The summed E-state index contributed by atoms with van der Waals surface area (Å²) in [5, 5.41) is 1.82. The molecule has 1 N–H and O–H groups in total. The van der Waals surface area contributed by atoms with Crippen LogP contribution < -0.4 is 4.72 Å². The molecular weight excluding hydrogens is 310 g/mol. The lowest BCUT2D eigenvalue weighted by atomic mass is 10.1. The standard InChI is InChI=1S/C14H10ClN3O2S/c15-11-8-16-14(17-9-11)18-21(19,20)13-7-3-5-10-4-1-2-6-12(10)13/h1-9H,(H,16,17,18). The number of anilines is 1. The van der Waals surface area contributed by atoms with Crippen molar-refractivity contribution in [2.24, 2.45) is 0 Å². The van der Waals surface area contributed by atoms with Crippen molar-refractivity contribution in [3.63, 3.8) is 0 Å². The Morgan fingerprint density at radius 1 is 0.952 bits per heavy atom. The molecule has 1 aromatic heterocycles. The van der Waals surface area contributed by atoms with Gasteiger partial charge in [0, 0.05) is 5.39 Å². The SMILES string of the molecule is O=S(=O)(Nc1ncc(Cl)cn1)c1cccc2ccccc12. The zero-order chi connectivity index (χ0) is 14.9. The molecule has 0 aliphatic rings. The van der Waals surface area contributed by atoms with Gasteiger partial charge in [-0.1, -0.05) is 48.0 Å². The molecule has 3 rings (SSSR count). The van der Waals surface area contributed by atoms with E-state index in [2.05, 4.69) is 14.7 Å². The molecule has 106 valence electrons. The molecule has 0 saturated heterocycles. The quantitative estimate of drug-likeness (QED) is 0.805. The van der Waals surface area contributed by atoms with Gasteiger partial charge in [-0.05, 0) is 11.5 Å². The van der Waals surface area contributed by atoms with Crippen LogP contribution in [0.3, 0.4) is 0 Å². The molecular formula is C14H10ClN3O2S. The summed E-state index contributed by atoms with van der Waals surface area (Å²) in [6.45, 7) is 0. The number of hydrogen-bond donors (Lipinski definition) is 1. The van der Waals surface area contributed by atoms with Crippen LogP contribution in [0.15, 0.2) is 59.8 Å². The molecule has 3 aromatic rings. The van der Waals surface area contributed by atoms with Crippen LogP contribution in [0.5, 0.6) is 0 Å². The third-order valence-electron chi connectivity index (χ3n) is 2.89. The summed E-state index contributed by atoms with van der Waals surface area (Å²) < 4.78 is 27.3. The first-order chi connectivity index (χ1) is 10.1. The van der Waals surface area contributed by atoms with Crippen molar-refractivity contribution in [3.8, 4) is 0 Å². The summed E-state index contributed by atoms with van der Waals surface area (Å²) >= 11 is 5.68. The van der Waals surface area contributed by atoms with E-state index in [4.69, 9.17) is 11.6 Å². The fourth-order valence-corrected chi connectivity index (χ4v) is 3.26. The number of nitrogens with one attached hydrogen (secondary N) is 1. The van der Waals surface area contributed by atoms with Crippen LogP contribution in [0.25, 0.3) is 10.8 Å². The minimum atomic E-state index is -3.77. The highest BCUT2D eigenvalue weighted by molar-refractivity contribution is 7.93. The van der Waals surface area contributed by atoms with Gasteiger partial charge >= 0.3 is 0 Å². The number of sulfonamides is 1. The maximum atomic E-state index is 12.5. The lowest BCUT2D eigenvalue weighted by Crippen LogP contribution is -2.15. The van der Waals surface area contributed by atoms with E-state index in [9.17, 15) is 8.42 Å². The molecule has 0 saturated carbocycles. The molecule has 0 spiro atoms. The first-order valence-corrected chi connectivity index (χ1v) is 7.90. The van der Waals surface area contributed by atoms with Crippen LogP contribution in [-0.4, -0.2) is 18.4 Å². The van der Waals surface area contributed by atoms with Gasteiger partial charge in [-0.15, -0.1) is 0 Å². The average Bonchev–Trinajstić information content (AvgIpc) is 2.49. The minimum absolute atomic E-state index is 0.0210. The van der Waals surface area contributed by atoms with E-state index in [0.717, 1.165) is 5.39 Å². The van der Waals surface area contributed by atoms with Crippen molar-refractivity contribution >= 4 is 38.3 Å². The molecule has 7 heteroatoms. The highest BCUT2D eigenvalue weighted by Crippen LogP contribution is 2.24. The predicted octanol–water partition coefficient (Wildman–Crippen LogP) is 3.08. The van der Waals surface area contributed by atoms with Gasteiger partial charge in [0.1, 0.15) is 0 Å². The van der Waals surface area contributed by atoms with E-state index in [1.807, 2.05) is 18.2 Å². The van der Waals surface area contributed by atoms with Crippen LogP contribution in [0.4, 0.5) is 5.95 Å². The summed E-state index contributed by atoms with van der Waals surface area (Å²) in [5.74, 6) is -0.0210. The fraction of sp³-hybridized carbons (Fsp3) is 0. The molecule has 0 radical (unpaired) electrons. The number of nitrogens with zero attached hydrogens (tertiary/aromatic N) is 2. The van der Waals surface area contributed by atoms with E-state index < -0.39 is 10.0 Å². The second-order valence-electron chi connectivity index (χ2n) is 4.31. The lowest BCUT2D eigenvalue weighted by molar-refractivity contribution is 0.601. The van der Waals surface area contributed by atoms with Crippen LogP contribution in [-0.2, 0) is 10.0 Å². The first kappa shape index (κ1) is 13.8. The molecule has 0 aliphatic heterocycles. The topological polar surface area (TPSA) is 72.0 Å². The predicted molar refractivity (Wildman–Crippen MR) is 81.8 cm³/mol. The Balaban J connectivity index is 2.06. The van der Waals surface area contributed by atoms with Gasteiger partial charge in [-0.2, -0.15) is 0 Å². The van der Waals surface area contributed by atoms with Gasteiger partial charge in [-0.3, -0.25) is 0 Å². The van der Waals surface area contributed by atoms with Crippen molar-refractivity contribution in [2.75, 3.05) is 4.72 Å². The van der Waals surface area contributed by atoms with Gasteiger partial charge < -0.3 is 0 Å². The van der Waals surface area contributed by atoms with Gasteiger partial charge in [0.2, 0.25) is 5.95 Å². The number of halogens is 1. The minimum Gasteiger partial charge on any atom is -0.247 e. The fourth-order valence-electron chi connectivity index (χ4n) is 1.97. The second-order valence-corrected chi connectivity index (χ2v) is 6.39. The van der Waals surface area contributed by atoms with E-state index >= 15 is 0 Å². The Bertz CT molecular complexity index is 890. The van der Waals surface area contributed by atoms with Crippen molar-refractivity contribution in [1.82, 2.24) is 9.97 Å². The number of rotatable bonds is 3. The van der Waals surface area contributed by atoms with E-state index in [0.29, 0.717) is 10.4 Å². The molecule has 0 amide bonds. The summed E-state index contributed by atoms with van der Waals surface area (Å²) in [4.78, 5) is 7.85. The zero-order valence-corrected chi connectivity index (χ0v) is 12.3. The molecule has 5 nitrogen and oxygen atoms in total. The maximum absolute atomic E-state index is 12.5. The Kier molecular flexibility index (Phi) is 3.48. The number of hydrogen-bond acceptors (Lipinski definition) is 4. The smallest absolute Gasteiger partial charge is 0.247 e. The van der Waals surface area contributed by atoms with Crippen molar-refractivity contribution in [1.29, 1.82) is 0 Å².